The summed E-state index contributed by atoms with van der Waals surface area (Å²) >= 11 is 0. The number of carbonyl (C=O) groups is 1. The molecule has 2 heterocycles. The van der Waals surface area contributed by atoms with Crippen LogP contribution in [0.5, 0.6) is 11.5 Å². The molecule has 2 aliphatic rings. The van der Waals surface area contributed by atoms with E-state index < -0.39 is 11.4 Å². The maximum absolute atomic E-state index is 15.1. The molecule has 10 heteroatoms. The van der Waals surface area contributed by atoms with E-state index in [0.29, 0.717) is 31.0 Å². The van der Waals surface area contributed by atoms with Gasteiger partial charge in [0.05, 0.1) is 19.8 Å². The van der Waals surface area contributed by atoms with Crippen LogP contribution in [-0.4, -0.2) is 66.0 Å². The summed E-state index contributed by atoms with van der Waals surface area (Å²) in [7, 11) is 2.79. The van der Waals surface area contributed by atoms with E-state index in [0.717, 1.165) is 12.8 Å². The summed E-state index contributed by atoms with van der Waals surface area (Å²) in [6, 6.07) is 1.57. The summed E-state index contributed by atoms with van der Waals surface area (Å²) in [5.41, 5.74) is 5.40. The standard InChI is InChI=1S/C21H28FN5O4/c1-20(2,3)31-19(28)26-8-9-27(21(11-26)6-7-21)18-24-15-12(17(23)25-18)10-13(29-4)16(30-5)14(15)22/h10H,6-9,11H2,1-5H3,(H2,23,24,25). The molecule has 0 bridgehead atoms. The smallest absolute Gasteiger partial charge is 0.410 e. The fourth-order valence-corrected chi connectivity index (χ4v) is 4.00. The first-order chi connectivity index (χ1) is 14.6. The van der Waals surface area contributed by atoms with Gasteiger partial charge in [0, 0.05) is 25.0 Å². The highest BCUT2D eigenvalue weighted by atomic mass is 19.1. The lowest BCUT2D eigenvalue weighted by molar-refractivity contribution is 0.0204. The molecule has 4 rings (SSSR count). The van der Waals surface area contributed by atoms with E-state index in [9.17, 15) is 4.79 Å². The second-order valence-corrected chi connectivity index (χ2v) is 9.01. The average molecular weight is 433 g/mol. The minimum atomic E-state index is -0.649. The van der Waals surface area contributed by atoms with E-state index >= 15 is 4.39 Å². The largest absolute Gasteiger partial charge is 0.493 e. The van der Waals surface area contributed by atoms with Gasteiger partial charge in [-0.1, -0.05) is 0 Å². The zero-order valence-corrected chi connectivity index (χ0v) is 18.5. The molecule has 1 spiro atoms. The minimum Gasteiger partial charge on any atom is -0.493 e. The Morgan fingerprint density at radius 2 is 1.90 bits per heavy atom. The maximum atomic E-state index is 15.1. The van der Waals surface area contributed by atoms with Crippen molar-refractivity contribution in [1.29, 1.82) is 0 Å². The second-order valence-electron chi connectivity index (χ2n) is 9.01. The van der Waals surface area contributed by atoms with Gasteiger partial charge in [-0.25, -0.2) is 14.2 Å². The number of anilines is 2. The summed E-state index contributed by atoms with van der Waals surface area (Å²) in [4.78, 5) is 25.2. The van der Waals surface area contributed by atoms with Crippen LogP contribution in [0.25, 0.3) is 10.9 Å². The van der Waals surface area contributed by atoms with Gasteiger partial charge in [-0.05, 0) is 39.7 Å². The quantitative estimate of drug-likeness (QED) is 0.788. The molecule has 168 valence electrons. The average Bonchev–Trinajstić information content (AvgIpc) is 3.46. The van der Waals surface area contributed by atoms with Crippen LogP contribution in [0.4, 0.5) is 21.0 Å². The van der Waals surface area contributed by atoms with Crippen molar-refractivity contribution in [2.75, 3.05) is 44.5 Å². The van der Waals surface area contributed by atoms with Gasteiger partial charge >= 0.3 is 6.09 Å². The molecule has 2 fully saturated rings. The van der Waals surface area contributed by atoms with Crippen molar-refractivity contribution in [1.82, 2.24) is 14.9 Å². The van der Waals surface area contributed by atoms with Gasteiger partial charge in [0.2, 0.25) is 5.95 Å². The highest BCUT2D eigenvalue weighted by Gasteiger charge is 2.53. The van der Waals surface area contributed by atoms with Crippen LogP contribution in [0.3, 0.4) is 0 Å². The Labute approximate surface area is 180 Å². The van der Waals surface area contributed by atoms with Gasteiger partial charge in [0.15, 0.2) is 17.3 Å². The predicted molar refractivity (Wildman–Crippen MR) is 114 cm³/mol. The van der Waals surface area contributed by atoms with Gasteiger partial charge in [-0.3, -0.25) is 0 Å². The Balaban J connectivity index is 1.67. The van der Waals surface area contributed by atoms with Crippen LogP contribution in [0.1, 0.15) is 33.6 Å². The molecule has 1 aliphatic heterocycles. The van der Waals surface area contributed by atoms with Gasteiger partial charge in [0.25, 0.3) is 0 Å². The summed E-state index contributed by atoms with van der Waals surface area (Å²) in [5, 5.41) is 0.358. The Kier molecular flexibility index (Phi) is 4.98. The lowest BCUT2D eigenvalue weighted by atomic mass is 10.1. The number of halogens is 1. The van der Waals surface area contributed by atoms with E-state index in [1.807, 2.05) is 25.7 Å². The topological polar surface area (TPSA) is 103 Å². The summed E-state index contributed by atoms with van der Waals surface area (Å²) in [6.45, 7) is 6.98. The number of fused-ring (bicyclic) bond motifs is 1. The van der Waals surface area contributed by atoms with Crippen LogP contribution in [-0.2, 0) is 4.74 Å². The Hall–Kier alpha value is -3.04. The van der Waals surface area contributed by atoms with Gasteiger partial charge in [-0.2, -0.15) is 4.98 Å². The Morgan fingerprint density at radius 3 is 2.48 bits per heavy atom. The SMILES string of the molecule is COc1cc2c(N)nc(N3CCN(C(=O)OC(C)(C)C)CC34CC4)nc2c(F)c1OC. The number of rotatable bonds is 3. The van der Waals surface area contributed by atoms with Crippen molar-refractivity contribution in [3.63, 3.8) is 0 Å². The van der Waals surface area contributed by atoms with Crippen molar-refractivity contribution >= 4 is 28.8 Å². The van der Waals surface area contributed by atoms with E-state index in [-0.39, 0.29) is 34.5 Å². The van der Waals surface area contributed by atoms with Crippen LogP contribution < -0.4 is 20.1 Å². The third-order valence-corrected chi connectivity index (χ3v) is 5.67. The molecule has 9 nitrogen and oxygen atoms in total. The van der Waals surface area contributed by atoms with Crippen molar-refractivity contribution in [3.05, 3.63) is 11.9 Å². The summed E-state index contributed by atoms with van der Waals surface area (Å²) in [6.07, 6.45) is 1.42. The molecule has 1 aromatic carbocycles. The number of amides is 1. The second kappa shape index (κ2) is 7.28. The molecule has 1 saturated heterocycles. The number of piperazine rings is 1. The van der Waals surface area contributed by atoms with Crippen molar-refractivity contribution in [2.24, 2.45) is 0 Å². The molecule has 2 aromatic rings. The number of methoxy groups -OCH3 is 2. The lowest BCUT2D eigenvalue weighted by Gasteiger charge is -2.42. The molecule has 0 atom stereocenters. The van der Waals surface area contributed by atoms with Crippen LogP contribution in [0.2, 0.25) is 0 Å². The fourth-order valence-electron chi connectivity index (χ4n) is 4.00. The van der Waals surface area contributed by atoms with E-state index in [4.69, 9.17) is 19.9 Å². The highest BCUT2D eigenvalue weighted by molar-refractivity contribution is 5.92. The predicted octanol–water partition coefficient (Wildman–Crippen LogP) is 2.96. The highest BCUT2D eigenvalue weighted by Crippen LogP contribution is 2.46. The maximum Gasteiger partial charge on any atom is 0.410 e. The number of hydrogen-bond donors (Lipinski definition) is 1. The first kappa shape index (κ1) is 21.2. The van der Waals surface area contributed by atoms with Crippen LogP contribution in [0.15, 0.2) is 6.07 Å². The fraction of sp³-hybridized carbons (Fsp3) is 0.571. The number of benzene rings is 1. The molecule has 0 unspecified atom stereocenters. The van der Waals surface area contributed by atoms with Crippen LogP contribution in [0, 0.1) is 5.82 Å². The molecular formula is C21H28FN5O4. The molecule has 2 N–H and O–H groups in total. The number of aromatic nitrogens is 2. The molecule has 1 amide bonds. The third kappa shape index (κ3) is 3.75. The molecule has 0 radical (unpaired) electrons. The molecule has 1 aliphatic carbocycles. The third-order valence-electron chi connectivity index (χ3n) is 5.67. The van der Waals surface area contributed by atoms with E-state index in [1.165, 1.54) is 14.2 Å². The number of nitrogens with two attached hydrogens (primary N) is 1. The number of nitrogens with zero attached hydrogens (tertiary/aromatic N) is 4. The number of carbonyl (C=O) groups excluding carboxylic acids is 1. The van der Waals surface area contributed by atoms with Gasteiger partial charge in [-0.15, -0.1) is 0 Å². The summed E-state index contributed by atoms with van der Waals surface area (Å²) in [5.74, 6) is 0.0437. The zero-order valence-electron chi connectivity index (χ0n) is 18.5. The number of ether oxygens (including phenoxy) is 3. The molecule has 1 aromatic heterocycles. The van der Waals surface area contributed by atoms with E-state index in [2.05, 4.69) is 9.97 Å². The van der Waals surface area contributed by atoms with Gasteiger partial charge < -0.3 is 29.7 Å². The van der Waals surface area contributed by atoms with Crippen LogP contribution >= 0.6 is 0 Å². The Morgan fingerprint density at radius 1 is 1.19 bits per heavy atom. The first-order valence-electron chi connectivity index (χ1n) is 10.2. The monoisotopic (exact) mass is 433 g/mol. The summed E-state index contributed by atoms with van der Waals surface area (Å²) < 4.78 is 31.0. The van der Waals surface area contributed by atoms with Gasteiger partial charge in [0.1, 0.15) is 16.9 Å². The molecular weight excluding hydrogens is 405 g/mol. The Bertz CT molecular complexity index is 1030. The minimum absolute atomic E-state index is 0.0325. The zero-order chi connectivity index (χ0) is 22.6. The van der Waals surface area contributed by atoms with E-state index in [1.54, 1.807) is 11.0 Å². The van der Waals surface area contributed by atoms with Crippen molar-refractivity contribution in [2.45, 2.75) is 44.8 Å². The molecule has 1 saturated carbocycles. The number of hydrogen-bond acceptors (Lipinski definition) is 8. The van der Waals surface area contributed by atoms with Crippen molar-refractivity contribution in [3.8, 4) is 11.5 Å². The first-order valence-corrected chi connectivity index (χ1v) is 10.2. The lowest BCUT2D eigenvalue weighted by Crippen LogP contribution is -2.57. The van der Waals surface area contributed by atoms with Crippen molar-refractivity contribution < 1.29 is 23.4 Å². The number of nitrogen functional groups attached to an aromatic ring is 1. The molecule has 31 heavy (non-hydrogen) atoms. The normalized spacial score (nSPS) is 17.7.